The van der Waals surface area contributed by atoms with Gasteiger partial charge in [0.25, 0.3) is 0 Å². The molecule has 0 amide bonds. The van der Waals surface area contributed by atoms with Crippen LogP contribution < -0.4 is 0 Å². The minimum absolute atomic E-state index is 0.0538. The van der Waals surface area contributed by atoms with Crippen molar-refractivity contribution in [2.24, 2.45) is 0 Å². The molecule has 1 saturated carbocycles. The van der Waals surface area contributed by atoms with Gasteiger partial charge >= 0.3 is 0 Å². The molecule has 0 radical (unpaired) electrons. The van der Waals surface area contributed by atoms with Gasteiger partial charge in [0.2, 0.25) is 0 Å². The van der Waals surface area contributed by atoms with Crippen LogP contribution in [0.1, 0.15) is 32.1 Å². The Labute approximate surface area is 127 Å². The lowest BCUT2D eigenvalue weighted by Gasteiger charge is -2.46. The molecule has 3 aliphatic rings. The second kappa shape index (κ2) is 4.55. The summed E-state index contributed by atoms with van der Waals surface area (Å²) in [5.41, 5.74) is 0.213. The van der Waals surface area contributed by atoms with E-state index in [4.69, 9.17) is 4.74 Å². The Morgan fingerprint density at radius 2 is 1.84 bits per heavy atom. The molecule has 1 nitrogen and oxygen atoms in total. The first-order valence-corrected chi connectivity index (χ1v) is 13.0. The average molecular weight is 315 g/mol. The number of hydrogen-bond acceptors (Lipinski definition) is 3. The Bertz CT molecular complexity index is 386. The van der Waals surface area contributed by atoms with E-state index in [0.717, 1.165) is 0 Å². The van der Waals surface area contributed by atoms with E-state index in [9.17, 15) is 0 Å². The van der Waals surface area contributed by atoms with Gasteiger partial charge in [-0.2, -0.15) is 0 Å². The fraction of sp³-hybridized carbons (Fsp3) is 0.867. The third-order valence-corrected chi connectivity index (χ3v) is 15.1. The van der Waals surface area contributed by atoms with Gasteiger partial charge in [-0.1, -0.05) is 25.7 Å². The van der Waals surface area contributed by atoms with Gasteiger partial charge < -0.3 is 4.74 Å². The highest BCUT2D eigenvalue weighted by atomic mass is 32.2. The molecule has 0 unspecified atom stereocenters. The van der Waals surface area contributed by atoms with Gasteiger partial charge in [0, 0.05) is 6.42 Å². The molecule has 108 valence electrons. The van der Waals surface area contributed by atoms with Crippen molar-refractivity contribution in [1.82, 2.24) is 0 Å². The van der Waals surface area contributed by atoms with Crippen LogP contribution in [0.5, 0.6) is 0 Å². The first-order chi connectivity index (χ1) is 8.89. The van der Waals surface area contributed by atoms with Crippen molar-refractivity contribution in [2.75, 3.05) is 11.5 Å². The maximum absolute atomic E-state index is 6.28. The highest BCUT2D eigenvalue weighted by Crippen LogP contribution is 2.67. The van der Waals surface area contributed by atoms with Crippen LogP contribution in [0.25, 0.3) is 0 Å². The molecule has 2 atom stereocenters. The summed E-state index contributed by atoms with van der Waals surface area (Å²) in [4.78, 5) is 0. The summed E-state index contributed by atoms with van der Waals surface area (Å²) in [5.74, 6) is 2.68. The molecule has 2 aliphatic heterocycles. The molecule has 19 heavy (non-hydrogen) atoms. The van der Waals surface area contributed by atoms with Gasteiger partial charge in [-0.3, -0.25) is 0 Å². The Hall–Kier alpha value is 0.617. The zero-order chi connectivity index (χ0) is 13.8. The third-order valence-electron chi connectivity index (χ3n) is 5.19. The lowest BCUT2D eigenvalue weighted by molar-refractivity contribution is 0.226. The van der Waals surface area contributed by atoms with Crippen LogP contribution in [-0.2, 0) is 4.74 Å². The van der Waals surface area contributed by atoms with Crippen molar-refractivity contribution >= 4 is 31.6 Å². The first-order valence-electron chi connectivity index (χ1n) is 7.50. The molecule has 4 heteroatoms. The molecule has 0 bridgehead atoms. The van der Waals surface area contributed by atoms with E-state index in [-0.39, 0.29) is 11.2 Å². The molecule has 0 N–H and O–H groups in total. The summed E-state index contributed by atoms with van der Waals surface area (Å²) in [7, 11) is -1.23. The van der Waals surface area contributed by atoms with Crippen molar-refractivity contribution in [1.29, 1.82) is 0 Å². The van der Waals surface area contributed by atoms with E-state index in [1.165, 1.54) is 43.6 Å². The number of thioether (sulfide) groups is 2. The molecular weight excluding hydrogens is 288 g/mol. The van der Waals surface area contributed by atoms with E-state index < -0.39 is 8.07 Å². The molecule has 1 aliphatic carbocycles. The molecule has 3 rings (SSSR count). The van der Waals surface area contributed by atoms with Crippen molar-refractivity contribution in [2.45, 2.75) is 66.6 Å². The fourth-order valence-corrected chi connectivity index (χ4v) is 11.7. The van der Waals surface area contributed by atoms with Crippen molar-refractivity contribution < 1.29 is 4.74 Å². The minimum atomic E-state index is -1.23. The van der Waals surface area contributed by atoms with Crippen LogP contribution in [0.2, 0.25) is 19.6 Å². The SMILES string of the molecule is C=C[C@]12CCC[C@@]1(CC1([Si](C)(C)C)SCCCS1)O2. The zero-order valence-corrected chi connectivity index (χ0v) is 15.1. The van der Waals surface area contributed by atoms with Gasteiger partial charge in [0.15, 0.2) is 0 Å². The number of rotatable bonds is 4. The largest absolute Gasteiger partial charge is 0.358 e. The van der Waals surface area contributed by atoms with Gasteiger partial charge in [-0.05, 0) is 37.2 Å². The lowest BCUT2D eigenvalue weighted by atomic mass is 9.94. The predicted octanol–water partition coefficient (Wildman–Crippen LogP) is 4.70. The Morgan fingerprint density at radius 3 is 2.37 bits per heavy atom. The normalized spacial score (nSPS) is 40.8. The second-order valence-corrected chi connectivity index (χ2v) is 16.4. The topological polar surface area (TPSA) is 12.5 Å². The first kappa shape index (κ1) is 14.5. The maximum atomic E-state index is 6.28. The number of fused-ring (bicyclic) bond motifs is 1. The lowest BCUT2D eigenvalue weighted by Crippen LogP contribution is -2.51. The van der Waals surface area contributed by atoms with Gasteiger partial charge in [-0.25, -0.2) is 0 Å². The van der Waals surface area contributed by atoms with Crippen LogP contribution in [0.4, 0.5) is 0 Å². The van der Waals surface area contributed by atoms with E-state index in [0.29, 0.717) is 3.70 Å². The highest BCUT2D eigenvalue weighted by Gasteiger charge is 2.73. The molecule has 0 aromatic carbocycles. The highest BCUT2D eigenvalue weighted by molar-refractivity contribution is 8.21. The maximum Gasteiger partial charge on any atom is 0.116 e. The Balaban J connectivity index is 1.85. The summed E-state index contributed by atoms with van der Waals surface area (Å²) in [6, 6.07) is 0. The molecule has 3 fully saturated rings. The Kier molecular flexibility index (Phi) is 3.49. The molecule has 2 saturated heterocycles. The fourth-order valence-electron chi connectivity index (χ4n) is 3.86. The molecule has 0 aromatic heterocycles. The third kappa shape index (κ3) is 2.09. The molecule has 0 spiro atoms. The van der Waals surface area contributed by atoms with E-state index in [2.05, 4.69) is 55.8 Å². The van der Waals surface area contributed by atoms with Crippen LogP contribution in [-0.4, -0.2) is 34.5 Å². The molecule has 2 heterocycles. The second-order valence-electron chi connectivity index (χ2n) is 7.27. The average Bonchev–Trinajstić information content (AvgIpc) is 2.85. The zero-order valence-electron chi connectivity index (χ0n) is 12.5. The summed E-state index contributed by atoms with van der Waals surface area (Å²) in [6.45, 7) is 11.7. The van der Waals surface area contributed by atoms with Gasteiger partial charge in [-0.15, -0.1) is 30.1 Å². The quantitative estimate of drug-likeness (QED) is 0.424. The van der Waals surface area contributed by atoms with E-state index in [1.54, 1.807) is 0 Å². The summed E-state index contributed by atoms with van der Waals surface area (Å²) < 4.78 is 6.74. The summed E-state index contributed by atoms with van der Waals surface area (Å²) in [5, 5.41) is 0. The van der Waals surface area contributed by atoms with E-state index in [1.807, 2.05) is 0 Å². The van der Waals surface area contributed by atoms with Crippen LogP contribution in [0.3, 0.4) is 0 Å². The van der Waals surface area contributed by atoms with Crippen molar-refractivity contribution in [3.05, 3.63) is 12.7 Å². The standard InChI is InChI=1S/C15H26OS2Si/c1-5-13-8-6-9-14(13,16-13)12-15(19(2,3)4)17-10-7-11-18-15/h5H,1,6-12H2,2-4H3/t13-,14-/m0/s1. The van der Waals surface area contributed by atoms with Crippen molar-refractivity contribution in [3.63, 3.8) is 0 Å². The van der Waals surface area contributed by atoms with Crippen LogP contribution in [0, 0.1) is 0 Å². The number of ether oxygens (including phenoxy) is 1. The monoisotopic (exact) mass is 314 g/mol. The van der Waals surface area contributed by atoms with Crippen LogP contribution in [0.15, 0.2) is 12.7 Å². The van der Waals surface area contributed by atoms with Crippen LogP contribution >= 0.6 is 23.5 Å². The molecular formula is C15H26OS2Si. The summed E-state index contributed by atoms with van der Waals surface area (Å²) in [6.07, 6.45) is 8.53. The van der Waals surface area contributed by atoms with E-state index >= 15 is 0 Å². The number of hydrogen-bond donors (Lipinski definition) is 0. The van der Waals surface area contributed by atoms with Crippen molar-refractivity contribution in [3.8, 4) is 0 Å². The van der Waals surface area contributed by atoms with Gasteiger partial charge in [0.05, 0.1) is 11.8 Å². The minimum Gasteiger partial charge on any atom is -0.358 e. The number of epoxide rings is 1. The van der Waals surface area contributed by atoms with Gasteiger partial charge in [0.1, 0.15) is 11.2 Å². The smallest absolute Gasteiger partial charge is 0.116 e. The summed E-state index contributed by atoms with van der Waals surface area (Å²) >= 11 is 4.50. The Morgan fingerprint density at radius 1 is 1.16 bits per heavy atom. The predicted molar refractivity (Wildman–Crippen MR) is 90.8 cm³/mol. The molecule has 0 aromatic rings.